The van der Waals surface area contributed by atoms with Gasteiger partial charge in [0.2, 0.25) is 0 Å². The van der Waals surface area contributed by atoms with Gasteiger partial charge in [-0.05, 0) is 18.9 Å². The molecule has 0 aliphatic carbocycles. The second-order valence-corrected chi connectivity index (χ2v) is 5.33. The van der Waals surface area contributed by atoms with Crippen molar-refractivity contribution >= 4 is 11.8 Å². The molecule has 0 saturated heterocycles. The number of rotatable bonds is 7. The lowest BCUT2D eigenvalue weighted by Gasteiger charge is -2.21. The van der Waals surface area contributed by atoms with Crippen LogP contribution in [0.5, 0.6) is 0 Å². The molecule has 4 nitrogen and oxygen atoms in total. The SMILES string of the molecule is CCCNC(CSc1nncn1C)C(C)C. The molecule has 1 N–H and O–H groups in total. The Hall–Kier alpha value is -0.550. The van der Waals surface area contributed by atoms with E-state index in [2.05, 4.69) is 36.3 Å². The molecule has 0 amide bonds. The second-order valence-electron chi connectivity index (χ2n) is 4.34. The molecule has 0 radical (unpaired) electrons. The predicted molar refractivity (Wildman–Crippen MR) is 68.6 cm³/mol. The molecule has 1 atom stereocenters. The molecule has 92 valence electrons. The largest absolute Gasteiger partial charge is 0.313 e. The molecule has 0 aromatic carbocycles. The normalized spacial score (nSPS) is 13.3. The third-order valence-electron chi connectivity index (χ3n) is 2.52. The summed E-state index contributed by atoms with van der Waals surface area (Å²) in [5.74, 6) is 1.69. The van der Waals surface area contributed by atoms with E-state index in [0.717, 1.165) is 17.5 Å². The maximum Gasteiger partial charge on any atom is 0.190 e. The molecule has 1 aromatic heterocycles. The highest BCUT2D eigenvalue weighted by Crippen LogP contribution is 2.17. The minimum Gasteiger partial charge on any atom is -0.313 e. The summed E-state index contributed by atoms with van der Waals surface area (Å²) in [7, 11) is 1.98. The molecule has 1 heterocycles. The summed E-state index contributed by atoms with van der Waals surface area (Å²) in [4.78, 5) is 0. The molecule has 0 saturated carbocycles. The smallest absolute Gasteiger partial charge is 0.190 e. The van der Waals surface area contributed by atoms with Gasteiger partial charge in [-0.1, -0.05) is 32.5 Å². The summed E-state index contributed by atoms with van der Waals surface area (Å²) in [5.41, 5.74) is 0. The fraction of sp³-hybridized carbons (Fsp3) is 0.818. The summed E-state index contributed by atoms with van der Waals surface area (Å²) in [6.07, 6.45) is 2.92. The number of hydrogen-bond donors (Lipinski definition) is 1. The molecule has 16 heavy (non-hydrogen) atoms. The Bertz CT molecular complexity index is 298. The lowest BCUT2D eigenvalue weighted by atomic mass is 10.1. The average molecular weight is 242 g/mol. The van der Waals surface area contributed by atoms with Gasteiger partial charge in [0.25, 0.3) is 0 Å². The summed E-state index contributed by atoms with van der Waals surface area (Å²) in [5, 5.41) is 12.5. The molecule has 0 aliphatic rings. The van der Waals surface area contributed by atoms with E-state index in [1.54, 1.807) is 18.1 Å². The Morgan fingerprint density at radius 3 is 2.75 bits per heavy atom. The first-order valence-electron chi connectivity index (χ1n) is 5.85. The third-order valence-corrected chi connectivity index (χ3v) is 3.68. The number of nitrogens with one attached hydrogen (secondary N) is 1. The van der Waals surface area contributed by atoms with E-state index in [0.29, 0.717) is 12.0 Å². The van der Waals surface area contributed by atoms with Crippen molar-refractivity contribution in [3.8, 4) is 0 Å². The number of hydrogen-bond acceptors (Lipinski definition) is 4. The van der Waals surface area contributed by atoms with E-state index in [4.69, 9.17) is 0 Å². The van der Waals surface area contributed by atoms with E-state index in [-0.39, 0.29) is 0 Å². The van der Waals surface area contributed by atoms with Crippen LogP contribution >= 0.6 is 11.8 Å². The van der Waals surface area contributed by atoms with Gasteiger partial charge in [0.1, 0.15) is 6.33 Å². The van der Waals surface area contributed by atoms with Crippen molar-refractivity contribution in [3.63, 3.8) is 0 Å². The van der Waals surface area contributed by atoms with Crippen LogP contribution in [0.15, 0.2) is 11.5 Å². The van der Waals surface area contributed by atoms with Gasteiger partial charge in [0.15, 0.2) is 5.16 Å². The van der Waals surface area contributed by atoms with Crippen LogP contribution in [0.1, 0.15) is 27.2 Å². The Morgan fingerprint density at radius 2 is 2.25 bits per heavy atom. The zero-order valence-corrected chi connectivity index (χ0v) is 11.4. The highest BCUT2D eigenvalue weighted by molar-refractivity contribution is 7.99. The Labute approximate surface area is 102 Å². The zero-order chi connectivity index (χ0) is 12.0. The summed E-state index contributed by atoms with van der Waals surface area (Å²) in [6, 6.07) is 0.543. The Kier molecular flexibility index (Phi) is 5.84. The summed E-state index contributed by atoms with van der Waals surface area (Å²) < 4.78 is 1.96. The first kappa shape index (κ1) is 13.5. The highest BCUT2D eigenvalue weighted by atomic mass is 32.2. The van der Waals surface area contributed by atoms with Gasteiger partial charge < -0.3 is 9.88 Å². The quantitative estimate of drug-likeness (QED) is 0.742. The van der Waals surface area contributed by atoms with Crippen LogP contribution in [0, 0.1) is 5.92 Å². The van der Waals surface area contributed by atoms with E-state index in [1.807, 2.05) is 11.6 Å². The number of nitrogens with zero attached hydrogens (tertiary/aromatic N) is 3. The molecule has 1 rings (SSSR count). The van der Waals surface area contributed by atoms with Gasteiger partial charge in [-0.3, -0.25) is 0 Å². The molecular weight excluding hydrogens is 220 g/mol. The minimum atomic E-state index is 0.543. The second kappa shape index (κ2) is 6.91. The first-order valence-corrected chi connectivity index (χ1v) is 6.83. The van der Waals surface area contributed by atoms with E-state index in [9.17, 15) is 0 Å². The van der Waals surface area contributed by atoms with Crippen LogP contribution in [0.25, 0.3) is 0 Å². The Morgan fingerprint density at radius 1 is 1.50 bits per heavy atom. The van der Waals surface area contributed by atoms with E-state index in [1.165, 1.54) is 6.42 Å². The van der Waals surface area contributed by atoms with Gasteiger partial charge in [-0.15, -0.1) is 10.2 Å². The molecule has 5 heteroatoms. The maximum atomic E-state index is 4.08. The molecule has 0 bridgehead atoms. The van der Waals surface area contributed by atoms with E-state index < -0.39 is 0 Å². The van der Waals surface area contributed by atoms with Crippen molar-refractivity contribution < 1.29 is 0 Å². The minimum absolute atomic E-state index is 0.543. The average Bonchev–Trinajstić information content (AvgIpc) is 2.64. The van der Waals surface area contributed by atoms with Gasteiger partial charge in [0.05, 0.1) is 0 Å². The predicted octanol–water partition coefficient (Wildman–Crippen LogP) is 1.93. The van der Waals surface area contributed by atoms with E-state index >= 15 is 0 Å². The lowest BCUT2D eigenvalue weighted by Crippen LogP contribution is -2.36. The number of aromatic nitrogens is 3. The van der Waals surface area contributed by atoms with Gasteiger partial charge >= 0.3 is 0 Å². The summed E-state index contributed by atoms with van der Waals surface area (Å²) in [6.45, 7) is 7.79. The third kappa shape index (κ3) is 4.14. The number of aryl methyl sites for hydroxylation is 1. The Balaban J connectivity index is 2.40. The van der Waals surface area contributed by atoms with Crippen LogP contribution < -0.4 is 5.32 Å². The van der Waals surface area contributed by atoms with Crippen LogP contribution in [0.4, 0.5) is 0 Å². The van der Waals surface area contributed by atoms with Crippen LogP contribution in [-0.2, 0) is 7.05 Å². The van der Waals surface area contributed by atoms with Crippen molar-refractivity contribution in [2.24, 2.45) is 13.0 Å². The first-order chi connectivity index (χ1) is 7.65. The highest BCUT2D eigenvalue weighted by Gasteiger charge is 2.14. The molecule has 0 fully saturated rings. The lowest BCUT2D eigenvalue weighted by molar-refractivity contribution is 0.433. The van der Waals surface area contributed by atoms with Crippen molar-refractivity contribution in [1.82, 2.24) is 20.1 Å². The zero-order valence-electron chi connectivity index (χ0n) is 10.6. The summed E-state index contributed by atoms with van der Waals surface area (Å²) >= 11 is 1.77. The van der Waals surface area contributed by atoms with Gasteiger partial charge in [-0.2, -0.15) is 0 Å². The number of thioether (sulfide) groups is 1. The van der Waals surface area contributed by atoms with Crippen molar-refractivity contribution in [1.29, 1.82) is 0 Å². The standard InChI is InChI=1S/C11H22N4S/c1-5-6-12-10(9(2)3)7-16-11-14-13-8-15(11)4/h8-10,12H,5-7H2,1-4H3. The van der Waals surface area contributed by atoms with Gasteiger partial charge in [-0.25, -0.2) is 0 Å². The van der Waals surface area contributed by atoms with Gasteiger partial charge in [0, 0.05) is 18.8 Å². The molecule has 0 aliphatic heterocycles. The van der Waals surface area contributed by atoms with Crippen molar-refractivity contribution in [2.75, 3.05) is 12.3 Å². The van der Waals surface area contributed by atoms with Crippen LogP contribution in [0.2, 0.25) is 0 Å². The fourth-order valence-corrected chi connectivity index (χ4v) is 2.57. The fourth-order valence-electron chi connectivity index (χ4n) is 1.38. The van der Waals surface area contributed by atoms with Crippen LogP contribution in [0.3, 0.4) is 0 Å². The van der Waals surface area contributed by atoms with Crippen molar-refractivity contribution in [2.45, 2.75) is 38.4 Å². The molecule has 0 spiro atoms. The van der Waals surface area contributed by atoms with Crippen molar-refractivity contribution in [3.05, 3.63) is 6.33 Å². The molecular formula is C11H22N4S. The topological polar surface area (TPSA) is 42.7 Å². The van der Waals surface area contributed by atoms with Crippen LogP contribution in [-0.4, -0.2) is 33.1 Å². The molecule has 1 aromatic rings. The molecule has 1 unspecified atom stereocenters. The monoisotopic (exact) mass is 242 g/mol. The maximum absolute atomic E-state index is 4.08.